The summed E-state index contributed by atoms with van der Waals surface area (Å²) in [7, 11) is -7.53. The second kappa shape index (κ2) is 38.5. The number of rotatable bonds is 15. The van der Waals surface area contributed by atoms with Crippen LogP contribution in [-0.2, 0) is 12.3 Å². The fourth-order valence-corrected chi connectivity index (χ4v) is 25.3. The van der Waals surface area contributed by atoms with Gasteiger partial charge in [-0.05, 0) is 128 Å². The van der Waals surface area contributed by atoms with E-state index in [-0.39, 0.29) is 66.8 Å². The molecule has 0 radical (unpaired) electrons. The van der Waals surface area contributed by atoms with Crippen LogP contribution in [0.1, 0.15) is 100 Å². The van der Waals surface area contributed by atoms with Crippen molar-refractivity contribution >= 4 is 50.6 Å². The summed E-state index contributed by atoms with van der Waals surface area (Å²) in [6, 6.07) is 5.94. The van der Waals surface area contributed by atoms with E-state index in [1.54, 1.807) is 0 Å². The van der Waals surface area contributed by atoms with E-state index in [1.165, 1.54) is 24.2 Å². The quantitative estimate of drug-likeness (QED) is 0.163. The Morgan fingerprint density at radius 3 is 0.955 bits per heavy atom. The molecule has 3 N–H and O–H groups in total. The van der Waals surface area contributed by atoms with Gasteiger partial charge in [0.05, 0.1) is 0 Å². The minimum atomic E-state index is -1.48. The average molecular weight is 747 g/mol. The van der Waals surface area contributed by atoms with Gasteiger partial charge in [-0.15, -0.1) is 0 Å². The molecule has 0 aliphatic heterocycles. The van der Waals surface area contributed by atoms with Crippen molar-refractivity contribution < 1.29 is 17.5 Å². The second-order valence-corrected chi connectivity index (χ2v) is 38.3. The number of aliphatic hydroxyl groups is 1. The van der Waals surface area contributed by atoms with Gasteiger partial charge in [0, 0.05) is 6.61 Å². The van der Waals surface area contributed by atoms with Crippen LogP contribution >= 0.6 is 0 Å². The van der Waals surface area contributed by atoms with Crippen LogP contribution in [0.25, 0.3) is 0 Å². The molecule has 0 rings (SSSR count). The van der Waals surface area contributed by atoms with Crippen molar-refractivity contribution in [3.05, 3.63) is 0 Å². The molecule has 0 fully saturated rings. The molecule has 0 amide bonds. The maximum absolute atomic E-state index is 8.76. The average Bonchev–Trinajstić information content (AvgIpc) is 2.69. The van der Waals surface area contributed by atoms with E-state index in [0.717, 1.165) is 25.4 Å². The molecule has 0 aliphatic carbocycles. The van der Waals surface area contributed by atoms with Gasteiger partial charge in [-0.1, -0.05) is 87.6 Å². The first-order chi connectivity index (χ1) is 15.6. The molecule has 0 aromatic heterocycles. The summed E-state index contributed by atoms with van der Waals surface area (Å²) in [5.74, 6) is 0. The summed E-state index contributed by atoms with van der Waals surface area (Å²) in [6.45, 7) is 35.2. The first-order valence-corrected chi connectivity index (χ1v) is 32.4. The van der Waals surface area contributed by atoms with Gasteiger partial charge in [0.2, 0.25) is 0 Å². The second-order valence-electron chi connectivity index (χ2n) is 12.9. The first kappa shape index (κ1) is 80.1. The molecule has 11 heteroatoms. The number of aliphatic hydroxyl groups excluding tert-OH is 1. The summed E-state index contributed by atoms with van der Waals surface area (Å²) in [5, 5.41) is 8.76. The van der Waals surface area contributed by atoms with Crippen LogP contribution < -0.4 is 5.73 Å². The minimum Gasteiger partial charge on any atom is -0.458 e. The van der Waals surface area contributed by atoms with E-state index in [4.69, 9.17) is 23.2 Å². The molecule has 0 aromatic rings. The van der Waals surface area contributed by atoms with E-state index in [0.29, 0.717) is 6.61 Å². The topological polar surface area (TPSA) is 73.9 Å². The van der Waals surface area contributed by atoms with E-state index in [2.05, 4.69) is 99.3 Å². The summed E-state index contributed by atoms with van der Waals surface area (Å²) in [4.78, 5) is 0. The van der Waals surface area contributed by atoms with Gasteiger partial charge in [-0.3, -0.25) is 0 Å². The van der Waals surface area contributed by atoms with E-state index in [9.17, 15) is 0 Å². The number of hydrogen-bond acceptors (Lipinski definition) is 5. The SMILES string of the molecule is C.C.C.C.C.C.C.C.C.CC[Si](C)(C)O[SiH](C)C.CC[Si](C)(C)O[Si](C)(C)CCCN.CC[Si](C)(C)O[Si](C)(C)CCCO. The van der Waals surface area contributed by atoms with Crippen LogP contribution in [0.5, 0.6) is 0 Å². The maximum atomic E-state index is 8.76. The highest BCUT2D eigenvalue weighted by molar-refractivity contribution is 6.85. The van der Waals surface area contributed by atoms with E-state index in [1.807, 2.05) is 0 Å². The lowest BCUT2D eigenvalue weighted by Gasteiger charge is -2.33. The summed E-state index contributed by atoms with van der Waals surface area (Å²) >= 11 is 0. The van der Waals surface area contributed by atoms with Crippen LogP contribution in [0.4, 0.5) is 0 Å². The summed E-state index contributed by atoms with van der Waals surface area (Å²) < 4.78 is 18.4. The number of hydrogen-bond donors (Lipinski definition) is 2. The lowest BCUT2D eigenvalue weighted by molar-refractivity contribution is 0.292. The van der Waals surface area contributed by atoms with Crippen LogP contribution in [0.2, 0.25) is 109 Å². The van der Waals surface area contributed by atoms with E-state index < -0.39 is 50.6 Å². The van der Waals surface area contributed by atoms with Crippen molar-refractivity contribution in [2.45, 2.75) is 209 Å². The Hall–Kier alpha value is 1.10. The van der Waals surface area contributed by atoms with Crippen molar-refractivity contribution in [2.24, 2.45) is 5.73 Å². The molecule has 288 valence electrons. The smallest absolute Gasteiger partial charge is 0.173 e. The van der Waals surface area contributed by atoms with Crippen LogP contribution in [0, 0.1) is 0 Å². The van der Waals surface area contributed by atoms with Crippen molar-refractivity contribution in [3.63, 3.8) is 0 Å². The predicted octanol–water partition coefficient (Wildman–Crippen LogP) is 13.5. The lowest BCUT2D eigenvalue weighted by atomic mass is 10.5. The van der Waals surface area contributed by atoms with Crippen molar-refractivity contribution in [1.29, 1.82) is 0 Å². The molecule has 0 atom stereocenters. The third kappa shape index (κ3) is 55.5. The molecule has 0 aliphatic rings. The van der Waals surface area contributed by atoms with Crippen LogP contribution in [0.3, 0.4) is 0 Å². The number of nitrogens with two attached hydrogens (primary N) is 1. The molecular weight excluding hydrogens is 643 g/mol. The molecule has 0 spiro atoms. The zero-order chi connectivity index (χ0) is 28.6. The van der Waals surface area contributed by atoms with Crippen LogP contribution in [0.15, 0.2) is 0 Å². The molecule has 5 nitrogen and oxygen atoms in total. The van der Waals surface area contributed by atoms with Crippen molar-refractivity contribution in [2.75, 3.05) is 13.2 Å². The molecule has 0 heterocycles. The molecule has 0 aromatic carbocycles. The van der Waals surface area contributed by atoms with Crippen molar-refractivity contribution in [1.82, 2.24) is 0 Å². The Balaban J connectivity index is -0.0000000321. The third-order valence-corrected chi connectivity index (χ3v) is 27.6. The fraction of sp³-hybridized carbons (Fsp3) is 1.00. The minimum absolute atomic E-state index is 0. The Labute approximate surface area is 295 Å². The molecule has 0 saturated heterocycles. The van der Waals surface area contributed by atoms with Gasteiger partial charge in [0.1, 0.15) is 0 Å². The van der Waals surface area contributed by atoms with Gasteiger partial charge < -0.3 is 23.2 Å². The summed E-state index contributed by atoms with van der Waals surface area (Å²) in [6.07, 6.45) is 2.01. The highest BCUT2D eigenvalue weighted by Gasteiger charge is 2.31. The maximum Gasteiger partial charge on any atom is 0.173 e. The zero-order valence-corrected chi connectivity index (χ0v) is 32.8. The molecule has 0 unspecified atom stereocenters. The normalized spacial score (nSPS) is 10.5. The van der Waals surface area contributed by atoms with Crippen LogP contribution in [-0.4, -0.2) is 68.9 Å². The Kier molecular flexibility index (Phi) is 70.1. The van der Waals surface area contributed by atoms with Gasteiger partial charge in [-0.2, -0.15) is 0 Å². The zero-order valence-electron chi connectivity index (χ0n) is 26.7. The molecular formula is C33H103NO4Si6. The Morgan fingerprint density at radius 2 is 0.773 bits per heavy atom. The van der Waals surface area contributed by atoms with Gasteiger partial charge in [-0.25, -0.2) is 0 Å². The van der Waals surface area contributed by atoms with E-state index >= 15 is 0 Å². The van der Waals surface area contributed by atoms with Gasteiger partial charge >= 0.3 is 0 Å². The molecule has 0 bridgehead atoms. The lowest BCUT2D eigenvalue weighted by Crippen LogP contribution is -2.43. The largest absolute Gasteiger partial charge is 0.458 e. The van der Waals surface area contributed by atoms with Crippen molar-refractivity contribution in [3.8, 4) is 0 Å². The molecule has 44 heavy (non-hydrogen) atoms. The first-order valence-electron chi connectivity index (χ1n) is 14.0. The Bertz CT molecular complexity index is 489. The standard InChI is InChI=1S/C9H25NOSi2.C9H24O2Si2.C6H18OSi2.9CH4/c2*1-6-12(2,3)11-13(4,5)9-7-8-10;1-6-9(4,5)7-8(2)3;;;;;;;;;/h6-10H2,1-5H3;10H,6-9H2,1-5H3;8H,6H2,1-5H3;9*1H4. The third-order valence-electron chi connectivity index (χ3n) is 6.13. The Morgan fingerprint density at radius 1 is 0.500 bits per heavy atom. The fourth-order valence-electron chi connectivity index (χ4n) is 3.50. The molecule has 0 saturated carbocycles. The van der Waals surface area contributed by atoms with Gasteiger partial charge in [0.25, 0.3) is 0 Å². The summed E-state index contributed by atoms with van der Waals surface area (Å²) in [5.41, 5.74) is 5.51. The highest BCUT2D eigenvalue weighted by Crippen LogP contribution is 2.23. The monoisotopic (exact) mass is 746 g/mol. The highest BCUT2D eigenvalue weighted by atomic mass is 28.4. The van der Waals surface area contributed by atoms with Gasteiger partial charge in [0.15, 0.2) is 50.6 Å². The predicted molar refractivity (Wildman–Crippen MR) is 237 cm³/mol.